The molecule has 0 bridgehead atoms. The molecular formula is C18H26ClN3. The van der Waals surface area contributed by atoms with Gasteiger partial charge in [0, 0.05) is 6.54 Å². The Morgan fingerprint density at radius 1 is 1.36 bits per heavy atom. The van der Waals surface area contributed by atoms with Crippen LogP contribution in [0.2, 0.25) is 0 Å². The van der Waals surface area contributed by atoms with Crippen molar-refractivity contribution in [3.63, 3.8) is 0 Å². The first kappa shape index (κ1) is 18.3. The number of allylic oxidation sites excluding steroid dienone is 2. The third kappa shape index (κ3) is 5.94. The predicted octanol–water partition coefficient (Wildman–Crippen LogP) is 4.47. The van der Waals surface area contributed by atoms with Crippen LogP contribution in [0.4, 0.5) is 0 Å². The molecule has 1 rings (SSSR count). The Hall–Kier alpha value is -1.74. The molecule has 0 spiro atoms. The van der Waals surface area contributed by atoms with Crippen LogP contribution in [0.5, 0.6) is 0 Å². The van der Waals surface area contributed by atoms with Gasteiger partial charge in [0.05, 0.1) is 10.7 Å². The van der Waals surface area contributed by atoms with Crippen LogP contribution in [0.3, 0.4) is 0 Å². The van der Waals surface area contributed by atoms with Gasteiger partial charge in [-0.3, -0.25) is 0 Å². The summed E-state index contributed by atoms with van der Waals surface area (Å²) in [4.78, 5) is 3.97. The molecule has 0 saturated heterocycles. The fourth-order valence-electron chi connectivity index (χ4n) is 1.84. The summed E-state index contributed by atoms with van der Waals surface area (Å²) in [6.07, 6.45) is 2.77. The number of rotatable bonds is 6. The van der Waals surface area contributed by atoms with Gasteiger partial charge in [0.15, 0.2) is 0 Å². The quantitative estimate of drug-likeness (QED) is 0.600. The minimum absolute atomic E-state index is 0.163. The Labute approximate surface area is 139 Å². The van der Waals surface area contributed by atoms with Gasteiger partial charge in [-0.15, -0.1) is 0 Å². The smallest absolute Gasteiger partial charge is 0.150 e. The molecule has 0 aliphatic rings. The monoisotopic (exact) mass is 319 g/mol. The molecule has 120 valence electrons. The van der Waals surface area contributed by atoms with Crippen molar-refractivity contribution in [2.75, 3.05) is 0 Å². The summed E-state index contributed by atoms with van der Waals surface area (Å²) >= 11 is 6.27. The molecule has 0 aliphatic carbocycles. The molecule has 0 amide bonds. The Balaban J connectivity index is 2.84. The van der Waals surface area contributed by atoms with E-state index in [2.05, 4.69) is 56.9 Å². The van der Waals surface area contributed by atoms with Crippen LogP contribution in [-0.2, 0) is 6.54 Å². The van der Waals surface area contributed by atoms with Gasteiger partial charge in [-0.1, -0.05) is 62.7 Å². The van der Waals surface area contributed by atoms with Gasteiger partial charge in [0.1, 0.15) is 5.82 Å². The number of aryl methyl sites for hydroxylation is 1. The summed E-state index contributed by atoms with van der Waals surface area (Å²) in [5.41, 5.74) is 9.08. The minimum atomic E-state index is 0.163. The molecule has 3 nitrogen and oxygen atoms in total. The number of aliphatic imine (C=N–C) groups is 1. The van der Waals surface area contributed by atoms with E-state index in [1.807, 2.05) is 18.2 Å². The topological polar surface area (TPSA) is 50.4 Å². The minimum Gasteiger partial charge on any atom is -0.395 e. The first-order valence-electron chi connectivity index (χ1n) is 7.35. The SMILES string of the molecule is C=N/C(NCc1ccccc1C)=C(N)\C(Cl)=C/CC(C)(C)C. The summed E-state index contributed by atoms with van der Waals surface area (Å²) in [6.45, 7) is 12.7. The van der Waals surface area contributed by atoms with E-state index in [0.717, 1.165) is 6.42 Å². The lowest BCUT2D eigenvalue weighted by Gasteiger charge is -2.16. The van der Waals surface area contributed by atoms with Crippen molar-refractivity contribution in [3.8, 4) is 0 Å². The number of benzene rings is 1. The number of nitrogens with zero attached hydrogens (tertiary/aromatic N) is 1. The fourth-order valence-corrected chi connectivity index (χ4v) is 2.01. The van der Waals surface area contributed by atoms with Crippen LogP contribution < -0.4 is 11.1 Å². The summed E-state index contributed by atoms with van der Waals surface area (Å²) in [6, 6.07) is 8.16. The van der Waals surface area contributed by atoms with Crippen LogP contribution in [0, 0.1) is 12.3 Å². The van der Waals surface area contributed by atoms with Gasteiger partial charge in [-0.2, -0.15) is 0 Å². The molecule has 22 heavy (non-hydrogen) atoms. The van der Waals surface area contributed by atoms with Gasteiger partial charge in [-0.05, 0) is 36.6 Å². The largest absolute Gasteiger partial charge is 0.395 e. The summed E-state index contributed by atoms with van der Waals surface area (Å²) < 4.78 is 0. The number of nitrogens with one attached hydrogen (secondary N) is 1. The van der Waals surface area contributed by atoms with Gasteiger partial charge in [0.25, 0.3) is 0 Å². The first-order chi connectivity index (χ1) is 10.2. The van der Waals surface area contributed by atoms with E-state index in [0.29, 0.717) is 23.1 Å². The molecule has 0 atom stereocenters. The second-order valence-corrected chi connectivity index (χ2v) is 6.92. The highest BCUT2D eigenvalue weighted by molar-refractivity contribution is 6.31. The lowest BCUT2D eigenvalue weighted by molar-refractivity contribution is 0.420. The Bertz CT molecular complexity index is 580. The zero-order valence-electron chi connectivity index (χ0n) is 13.9. The third-order valence-electron chi connectivity index (χ3n) is 3.27. The van der Waals surface area contributed by atoms with E-state index >= 15 is 0 Å². The van der Waals surface area contributed by atoms with Crippen molar-refractivity contribution >= 4 is 18.3 Å². The van der Waals surface area contributed by atoms with Gasteiger partial charge in [-0.25, -0.2) is 4.99 Å². The van der Waals surface area contributed by atoms with E-state index in [1.165, 1.54) is 11.1 Å². The summed E-state index contributed by atoms with van der Waals surface area (Å²) in [7, 11) is 0. The average molecular weight is 320 g/mol. The lowest BCUT2D eigenvalue weighted by Crippen LogP contribution is -2.18. The summed E-state index contributed by atoms with van der Waals surface area (Å²) in [5.74, 6) is 0.512. The normalized spacial score (nSPS) is 13.6. The zero-order chi connectivity index (χ0) is 16.8. The molecule has 0 unspecified atom stereocenters. The fraction of sp³-hybridized carbons (Fsp3) is 0.389. The Kier molecular flexibility index (Phi) is 6.69. The van der Waals surface area contributed by atoms with Crippen molar-refractivity contribution in [2.24, 2.45) is 16.1 Å². The lowest BCUT2D eigenvalue weighted by atomic mass is 9.92. The van der Waals surface area contributed by atoms with Crippen LogP contribution in [-0.4, -0.2) is 6.72 Å². The van der Waals surface area contributed by atoms with Crippen molar-refractivity contribution in [3.05, 3.63) is 58.0 Å². The molecule has 0 aromatic heterocycles. The maximum Gasteiger partial charge on any atom is 0.150 e. The molecule has 1 aromatic carbocycles. The van der Waals surface area contributed by atoms with E-state index in [-0.39, 0.29) is 5.41 Å². The maximum atomic E-state index is 6.27. The van der Waals surface area contributed by atoms with Crippen LogP contribution >= 0.6 is 11.6 Å². The molecule has 3 N–H and O–H groups in total. The molecule has 0 radical (unpaired) electrons. The zero-order valence-corrected chi connectivity index (χ0v) is 14.7. The van der Waals surface area contributed by atoms with Gasteiger partial charge < -0.3 is 11.1 Å². The highest BCUT2D eigenvalue weighted by Crippen LogP contribution is 2.23. The van der Waals surface area contributed by atoms with Crippen molar-refractivity contribution in [1.82, 2.24) is 5.32 Å². The predicted molar refractivity (Wildman–Crippen MR) is 96.8 cm³/mol. The van der Waals surface area contributed by atoms with Crippen LogP contribution in [0.25, 0.3) is 0 Å². The van der Waals surface area contributed by atoms with E-state index in [1.54, 1.807) is 0 Å². The van der Waals surface area contributed by atoms with Crippen molar-refractivity contribution in [2.45, 2.75) is 40.7 Å². The Morgan fingerprint density at radius 3 is 2.55 bits per heavy atom. The van der Waals surface area contributed by atoms with E-state index in [9.17, 15) is 0 Å². The molecule has 4 heteroatoms. The first-order valence-corrected chi connectivity index (χ1v) is 7.73. The molecule has 0 aliphatic heterocycles. The van der Waals surface area contributed by atoms with Gasteiger partial charge >= 0.3 is 0 Å². The van der Waals surface area contributed by atoms with Crippen LogP contribution in [0.1, 0.15) is 38.3 Å². The molecule has 0 fully saturated rings. The standard InChI is InChI=1S/C18H26ClN3/c1-13-8-6-7-9-14(13)12-22-17(21-5)16(20)15(19)10-11-18(2,3)4/h6-10,22H,5,11-12,20H2,1-4H3/b15-10+,17-16-. The Morgan fingerprint density at radius 2 is 2.00 bits per heavy atom. The molecule has 0 saturated carbocycles. The van der Waals surface area contributed by atoms with E-state index in [4.69, 9.17) is 17.3 Å². The highest BCUT2D eigenvalue weighted by atomic mass is 35.5. The molecule has 1 aromatic rings. The molecular weight excluding hydrogens is 294 g/mol. The van der Waals surface area contributed by atoms with E-state index < -0.39 is 0 Å². The number of halogens is 1. The molecule has 0 heterocycles. The van der Waals surface area contributed by atoms with Crippen molar-refractivity contribution in [1.29, 1.82) is 0 Å². The number of nitrogens with two attached hydrogens (primary N) is 1. The second-order valence-electron chi connectivity index (χ2n) is 6.52. The maximum absolute atomic E-state index is 6.27. The van der Waals surface area contributed by atoms with Gasteiger partial charge in [0.2, 0.25) is 0 Å². The highest BCUT2D eigenvalue weighted by Gasteiger charge is 2.11. The summed E-state index contributed by atoms with van der Waals surface area (Å²) in [5, 5.41) is 3.71. The van der Waals surface area contributed by atoms with Crippen molar-refractivity contribution < 1.29 is 0 Å². The second kappa shape index (κ2) is 8.04. The average Bonchev–Trinajstić information content (AvgIpc) is 2.46. The number of hydrogen-bond donors (Lipinski definition) is 2. The third-order valence-corrected chi connectivity index (χ3v) is 3.63. The van der Waals surface area contributed by atoms with Crippen LogP contribution in [0.15, 0.2) is 51.9 Å². The number of hydrogen-bond acceptors (Lipinski definition) is 3.